The summed E-state index contributed by atoms with van der Waals surface area (Å²) in [6, 6.07) is 14.2. The molecule has 0 saturated heterocycles. The van der Waals surface area contributed by atoms with Crippen LogP contribution in [0.4, 0.5) is 0 Å². The topological polar surface area (TPSA) is 53.1 Å². The molecule has 3 rings (SSSR count). The molecule has 0 aliphatic carbocycles. The molecular formula is C17H19N3O. The van der Waals surface area contributed by atoms with Crippen molar-refractivity contribution in [3.63, 3.8) is 0 Å². The van der Waals surface area contributed by atoms with Gasteiger partial charge in [-0.15, -0.1) is 0 Å². The summed E-state index contributed by atoms with van der Waals surface area (Å²) in [6.45, 7) is 0.510. The molecule has 4 heteroatoms. The highest BCUT2D eigenvalue weighted by Crippen LogP contribution is 2.21. The molecule has 0 atom stereocenters. The molecular weight excluding hydrogens is 262 g/mol. The van der Waals surface area contributed by atoms with Crippen LogP contribution in [-0.4, -0.2) is 16.7 Å². The van der Waals surface area contributed by atoms with Crippen molar-refractivity contribution < 1.29 is 4.74 Å². The minimum absolute atomic E-state index is 0.510. The van der Waals surface area contributed by atoms with Crippen LogP contribution in [0.5, 0.6) is 5.75 Å². The van der Waals surface area contributed by atoms with E-state index >= 15 is 0 Å². The summed E-state index contributed by atoms with van der Waals surface area (Å²) in [5.74, 6) is 1.91. The number of benzene rings is 2. The number of nitrogens with zero attached hydrogens (tertiary/aromatic N) is 2. The lowest BCUT2D eigenvalue weighted by Gasteiger charge is -2.04. The molecule has 3 aromatic rings. The molecule has 21 heavy (non-hydrogen) atoms. The Kier molecular flexibility index (Phi) is 3.62. The fourth-order valence-electron chi connectivity index (χ4n) is 2.57. The monoisotopic (exact) mass is 281 g/mol. The van der Waals surface area contributed by atoms with Crippen LogP contribution in [-0.2, 0) is 20.0 Å². The van der Waals surface area contributed by atoms with Gasteiger partial charge in [0.2, 0.25) is 0 Å². The molecule has 1 heterocycles. The largest absolute Gasteiger partial charge is 0.497 e. The van der Waals surface area contributed by atoms with E-state index in [1.807, 2.05) is 24.3 Å². The minimum Gasteiger partial charge on any atom is -0.497 e. The molecule has 0 spiro atoms. The first kappa shape index (κ1) is 13.6. The number of imidazole rings is 1. The van der Waals surface area contributed by atoms with Crippen LogP contribution in [0.15, 0.2) is 42.5 Å². The first-order chi connectivity index (χ1) is 10.2. The highest BCUT2D eigenvalue weighted by Gasteiger charge is 2.10. The lowest BCUT2D eigenvalue weighted by molar-refractivity contribution is 0.414. The summed E-state index contributed by atoms with van der Waals surface area (Å²) in [6.07, 6.45) is 0.791. The van der Waals surface area contributed by atoms with Crippen molar-refractivity contribution in [1.29, 1.82) is 0 Å². The molecule has 0 fully saturated rings. The Labute approximate surface area is 124 Å². The highest BCUT2D eigenvalue weighted by molar-refractivity contribution is 5.79. The number of fused-ring (bicyclic) bond motifs is 1. The molecule has 2 N–H and O–H groups in total. The average molecular weight is 281 g/mol. The van der Waals surface area contributed by atoms with Gasteiger partial charge in [-0.1, -0.05) is 24.3 Å². The summed E-state index contributed by atoms with van der Waals surface area (Å²) >= 11 is 0. The van der Waals surface area contributed by atoms with E-state index in [2.05, 4.69) is 29.8 Å². The van der Waals surface area contributed by atoms with Crippen LogP contribution in [0.25, 0.3) is 11.0 Å². The second-order valence-corrected chi connectivity index (χ2v) is 5.10. The number of hydrogen-bond acceptors (Lipinski definition) is 3. The van der Waals surface area contributed by atoms with Crippen LogP contribution in [0.3, 0.4) is 0 Å². The van der Waals surface area contributed by atoms with Crippen LogP contribution < -0.4 is 10.5 Å². The molecule has 4 nitrogen and oxygen atoms in total. The predicted molar refractivity (Wildman–Crippen MR) is 84.4 cm³/mol. The third-order valence-electron chi connectivity index (χ3n) is 3.83. The molecule has 2 aromatic carbocycles. The summed E-state index contributed by atoms with van der Waals surface area (Å²) in [5.41, 5.74) is 10.2. The van der Waals surface area contributed by atoms with Crippen molar-refractivity contribution >= 4 is 11.0 Å². The number of nitrogens with two attached hydrogens (primary N) is 1. The zero-order valence-corrected chi connectivity index (χ0v) is 12.3. The van der Waals surface area contributed by atoms with Gasteiger partial charge >= 0.3 is 0 Å². The van der Waals surface area contributed by atoms with Gasteiger partial charge in [-0.3, -0.25) is 0 Å². The second-order valence-electron chi connectivity index (χ2n) is 5.10. The highest BCUT2D eigenvalue weighted by atomic mass is 16.5. The number of rotatable bonds is 4. The van der Waals surface area contributed by atoms with E-state index in [0.717, 1.165) is 34.6 Å². The average Bonchev–Trinajstić information content (AvgIpc) is 2.84. The van der Waals surface area contributed by atoms with Crippen molar-refractivity contribution in [2.45, 2.75) is 13.0 Å². The number of aromatic nitrogens is 2. The minimum atomic E-state index is 0.510. The Hall–Kier alpha value is -2.33. The molecule has 1 aromatic heterocycles. The van der Waals surface area contributed by atoms with Gasteiger partial charge in [-0.25, -0.2) is 4.98 Å². The smallest absolute Gasteiger partial charge is 0.118 e. The van der Waals surface area contributed by atoms with Gasteiger partial charge in [-0.05, 0) is 29.3 Å². The first-order valence-corrected chi connectivity index (χ1v) is 6.99. The van der Waals surface area contributed by atoms with Gasteiger partial charge in [0.25, 0.3) is 0 Å². The van der Waals surface area contributed by atoms with Gasteiger partial charge < -0.3 is 15.0 Å². The second kappa shape index (κ2) is 5.58. The number of para-hydroxylation sites is 1. The van der Waals surface area contributed by atoms with Gasteiger partial charge in [0.05, 0.1) is 18.1 Å². The lowest BCUT2D eigenvalue weighted by Crippen LogP contribution is -1.99. The fraction of sp³-hybridized carbons (Fsp3) is 0.235. The Morgan fingerprint density at radius 3 is 2.57 bits per heavy atom. The van der Waals surface area contributed by atoms with E-state index in [0.29, 0.717) is 6.54 Å². The van der Waals surface area contributed by atoms with Crippen LogP contribution in [0.1, 0.15) is 17.0 Å². The van der Waals surface area contributed by atoms with Crippen molar-refractivity contribution in [1.82, 2.24) is 9.55 Å². The summed E-state index contributed by atoms with van der Waals surface area (Å²) in [4.78, 5) is 4.77. The molecule has 0 saturated carbocycles. The van der Waals surface area contributed by atoms with E-state index in [1.54, 1.807) is 7.11 Å². The number of hydrogen-bond donors (Lipinski definition) is 1. The number of ether oxygens (including phenoxy) is 1. The molecule has 0 radical (unpaired) electrons. The van der Waals surface area contributed by atoms with Crippen molar-refractivity contribution in [3.05, 3.63) is 59.4 Å². The third-order valence-corrected chi connectivity index (χ3v) is 3.83. The molecule has 0 aliphatic rings. The molecule has 0 amide bonds. The molecule has 0 unspecified atom stereocenters. The van der Waals surface area contributed by atoms with E-state index < -0.39 is 0 Å². The van der Waals surface area contributed by atoms with Gasteiger partial charge in [0.1, 0.15) is 11.6 Å². The van der Waals surface area contributed by atoms with Crippen LogP contribution in [0.2, 0.25) is 0 Å². The predicted octanol–water partition coefficient (Wildman–Crippen LogP) is 2.63. The van der Waals surface area contributed by atoms with Crippen molar-refractivity contribution in [3.8, 4) is 5.75 Å². The zero-order valence-electron chi connectivity index (χ0n) is 12.3. The SMILES string of the molecule is COc1ccc(Cc2nc3c(CN)cccc3n2C)cc1. The maximum atomic E-state index is 5.80. The Morgan fingerprint density at radius 2 is 1.90 bits per heavy atom. The number of methoxy groups -OCH3 is 1. The standard InChI is InChI=1S/C17H19N3O/c1-20-15-5-3-4-13(11-18)17(15)19-16(20)10-12-6-8-14(21-2)9-7-12/h3-9H,10-11,18H2,1-2H3. The van der Waals surface area contributed by atoms with E-state index in [1.165, 1.54) is 5.56 Å². The maximum Gasteiger partial charge on any atom is 0.118 e. The Morgan fingerprint density at radius 1 is 1.14 bits per heavy atom. The third kappa shape index (κ3) is 2.50. The van der Waals surface area contributed by atoms with Gasteiger partial charge in [0.15, 0.2) is 0 Å². The maximum absolute atomic E-state index is 5.80. The lowest BCUT2D eigenvalue weighted by atomic mass is 10.1. The Balaban J connectivity index is 1.98. The molecule has 108 valence electrons. The quantitative estimate of drug-likeness (QED) is 0.800. The van der Waals surface area contributed by atoms with Crippen molar-refractivity contribution in [2.24, 2.45) is 12.8 Å². The van der Waals surface area contributed by atoms with Gasteiger partial charge in [0, 0.05) is 20.0 Å². The first-order valence-electron chi connectivity index (χ1n) is 6.99. The molecule has 0 aliphatic heterocycles. The summed E-state index contributed by atoms with van der Waals surface area (Å²) in [5, 5.41) is 0. The van der Waals surface area contributed by atoms with E-state index in [-0.39, 0.29) is 0 Å². The van der Waals surface area contributed by atoms with Gasteiger partial charge in [-0.2, -0.15) is 0 Å². The van der Waals surface area contributed by atoms with E-state index in [9.17, 15) is 0 Å². The summed E-state index contributed by atoms with van der Waals surface area (Å²) < 4.78 is 7.32. The normalized spacial score (nSPS) is 11.0. The summed E-state index contributed by atoms with van der Waals surface area (Å²) in [7, 11) is 3.73. The van der Waals surface area contributed by atoms with Crippen LogP contribution >= 0.6 is 0 Å². The van der Waals surface area contributed by atoms with E-state index in [4.69, 9.17) is 15.5 Å². The Bertz CT molecular complexity index is 760. The zero-order chi connectivity index (χ0) is 14.8. The molecule has 0 bridgehead atoms. The van der Waals surface area contributed by atoms with Crippen LogP contribution in [0, 0.1) is 0 Å². The number of aryl methyl sites for hydroxylation is 1. The fourth-order valence-corrected chi connectivity index (χ4v) is 2.57. The van der Waals surface area contributed by atoms with Crippen molar-refractivity contribution in [2.75, 3.05) is 7.11 Å².